The minimum atomic E-state index is -0.423. The van der Waals surface area contributed by atoms with E-state index in [1.165, 1.54) is 0 Å². The average molecular weight is 394 g/mol. The Morgan fingerprint density at radius 2 is 1.69 bits per heavy atom. The molecule has 1 aromatic heterocycles. The van der Waals surface area contributed by atoms with Crippen molar-refractivity contribution < 1.29 is 14.0 Å². The van der Waals surface area contributed by atoms with Crippen LogP contribution < -0.4 is 15.9 Å². The summed E-state index contributed by atoms with van der Waals surface area (Å²) in [6.45, 7) is 8.48. The minimum absolute atomic E-state index is 0.341. The van der Waals surface area contributed by atoms with Crippen molar-refractivity contribution in [1.29, 1.82) is 0 Å². The number of para-hydroxylation sites is 2. The fourth-order valence-electron chi connectivity index (χ4n) is 3.02. The van der Waals surface area contributed by atoms with Gasteiger partial charge in [0, 0.05) is 0 Å². The van der Waals surface area contributed by atoms with Crippen LogP contribution in [0.3, 0.4) is 0 Å². The van der Waals surface area contributed by atoms with Gasteiger partial charge in [-0.25, -0.2) is 9.89 Å². The van der Waals surface area contributed by atoms with Crippen molar-refractivity contribution in [2.45, 2.75) is 45.5 Å². The maximum Gasteiger partial charge on any atom is 0.494 e. The maximum atomic E-state index is 11.8. The lowest BCUT2D eigenvalue weighted by atomic mass is 9.79. The van der Waals surface area contributed by atoms with Crippen LogP contribution in [0.2, 0.25) is 0 Å². The Hall–Kier alpha value is -2.91. The highest BCUT2D eigenvalue weighted by molar-refractivity contribution is 6.62. The molecule has 0 atom stereocenters. The molecule has 150 valence electrons. The van der Waals surface area contributed by atoms with E-state index in [2.05, 4.69) is 15.5 Å². The van der Waals surface area contributed by atoms with E-state index in [1.807, 2.05) is 64.1 Å². The lowest BCUT2D eigenvalue weighted by Gasteiger charge is -2.32. The third-order valence-electron chi connectivity index (χ3n) is 5.47. The molecular weight excluding hydrogens is 371 g/mol. The predicted octanol–water partition coefficient (Wildman–Crippen LogP) is 1.83. The molecule has 2 heterocycles. The molecule has 0 amide bonds. The zero-order valence-electron chi connectivity index (χ0n) is 16.9. The summed E-state index contributed by atoms with van der Waals surface area (Å²) in [6, 6.07) is 15.1. The van der Waals surface area contributed by atoms with Gasteiger partial charge in [0.1, 0.15) is 18.0 Å². The minimum Gasteiger partial charge on any atom is -0.487 e. The molecule has 0 saturated carbocycles. The number of nitrogens with one attached hydrogen (secondary N) is 1. The summed E-state index contributed by atoms with van der Waals surface area (Å²) in [6.07, 6.45) is 0. The number of rotatable bonds is 5. The number of nitrogens with zero attached hydrogens (tertiary/aromatic N) is 3. The summed E-state index contributed by atoms with van der Waals surface area (Å²) in [5.41, 5.74) is 1.30. The summed E-state index contributed by atoms with van der Waals surface area (Å²) in [5.74, 6) is 0.540. The molecule has 4 rings (SSSR count). The van der Waals surface area contributed by atoms with Crippen molar-refractivity contribution in [1.82, 2.24) is 20.2 Å². The Morgan fingerprint density at radius 3 is 2.31 bits per heavy atom. The summed E-state index contributed by atoms with van der Waals surface area (Å²) in [7, 11) is -0.394. The van der Waals surface area contributed by atoms with Crippen molar-refractivity contribution in [3.8, 4) is 11.4 Å². The molecule has 1 saturated heterocycles. The first-order valence-electron chi connectivity index (χ1n) is 9.44. The number of ether oxygens (including phenoxy) is 1. The van der Waals surface area contributed by atoms with E-state index in [0.29, 0.717) is 18.0 Å². The standard InChI is InChI=1S/C20H23BN4O4/c1-19(2)20(3,4)29-21(28-19)15-11-9-14(10-12-15)13-27-17-8-6-5-7-16(17)25-18(26)22-23-24-25/h5-12H,13H2,1-4H3,(H,22,24,26). The van der Waals surface area contributed by atoms with Crippen molar-refractivity contribution in [2.75, 3.05) is 0 Å². The quantitative estimate of drug-likeness (QED) is 0.664. The number of aromatic amines is 1. The van der Waals surface area contributed by atoms with Crippen LogP contribution in [0.4, 0.5) is 0 Å². The molecule has 3 aromatic rings. The Balaban J connectivity index is 1.46. The first-order valence-corrected chi connectivity index (χ1v) is 9.44. The Morgan fingerprint density at radius 1 is 1.03 bits per heavy atom. The van der Waals surface area contributed by atoms with Gasteiger partial charge in [-0.2, -0.15) is 4.68 Å². The number of hydrogen-bond acceptors (Lipinski definition) is 6. The molecule has 29 heavy (non-hydrogen) atoms. The highest BCUT2D eigenvalue weighted by Gasteiger charge is 2.51. The van der Waals surface area contributed by atoms with Crippen LogP contribution in [0.5, 0.6) is 5.75 Å². The second-order valence-corrected chi connectivity index (χ2v) is 8.00. The smallest absolute Gasteiger partial charge is 0.487 e. The van der Waals surface area contributed by atoms with E-state index in [-0.39, 0.29) is 11.2 Å². The summed E-state index contributed by atoms with van der Waals surface area (Å²) in [4.78, 5) is 11.8. The zero-order chi connectivity index (χ0) is 20.6. The van der Waals surface area contributed by atoms with Crippen LogP contribution in [-0.2, 0) is 15.9 Å². The van der Waals surface area contributed by atoms with Gasteiger partial charge >= 0.3 is 12.8 Å². The molecule has 1 aliphatic rings. The van der Waals surface area contributed by atoms with Gasteiger partial charge in [0.25, 0.3) is 0 Å². The van der Waals surface area contributed by atoms with Gasteiger partial charge in [0.05, 0.1) is 11.2 Å². The first-order chi connectivity index (χ1) is 13.8. The number of tetrazole rings is 1. The molecule has 1 aliphatic heterocycles. The van der Waals surface area contributed by atoms with Gasteiger partial charge in [-0.05, 0) is 61.3 Å². The normalized spacial score (nSPS) is 17.4. The second-order valence-electron chi connectivity index (χ2n) is 8.00. The maximum absolute atomic E-state index is 11.8. The molecule has 2 aromatic carbocycles. The highest BCUT2D eigenvalue weighted by atomic mass is 16.7. The van der Waals surface area contributed by atoms with Gasteiger partial charge in [0.2, 0.25) is 0 Å². The molecule has 0 spiro atoms. The number of benzene rings is 2. The summed E-state index contributed by atoms with van der Waals surface area (Å²) >= 11 is 0. The van der Waals surface area contributed by atoms with Crippen LogP contribution >= 0.6 is 0 Å². The third-order valence-corrected chi connectivity index (χ3v) is 5.47. The molecule has 0 radical (unpaired) electrons. The van der Waals surface area contributed by atoms with Crippen LogP contribution in [0.25, 0.3) is 5.69 Å². The fourth-order valence-corrected chi connectivity index (χ4v) is 3.02. The van der Waals surface area contributed by atoms with Gasteiger partial charge in [-0.15, -0.1) is 0 Å². The zero-order valence-corrected chi connectivity index (χ0v) is 16.9. The largest absolute Gasteiger partial charge is 0.494 e. The van der Waals surface area contributed by atoms with Crippen LogP contribution in [-0.4, -0.2) is 38.5 Å². The predicted molar refractivity (Wildman–Crippen MR) is 108 cm³/mol. The molecular formula is C20H23BN4O4. The van der Waals surface area contributed by atoms with Crippen molar-refractivity contribution in [3.05, 3.63) is 64.6 Å². The second kappa shape index (κ2) is 7.16. The van der Waals surface area contributed by atoms with Gasteiger partial charge < -0.3 is 14.0 Å². The molecule has 1 N–H and O–H groups in total. The Kier molecular flexibility index (Phi) is 4.80. The van der Waals surface area contributed by atoms with Crippen LogP contribution in [0, 0.1) is 0 Å². The highest BCUT2D eigenvalue weighted by Crippen LogP contribution is 2.36. The third kappa shape index (κ3) is 3.71. The fraction of sp³-hybridized carbons (Fsp3) is 0.350. The topological polar surface area (TPSA) is 91.3 Å². The molecule has 0 aliphatic carbocycles. The number of hydrogen-bond donors (Lipinski definition) is 1. The van der Waals surface area contributed by atoms with E-state index in [1.54, 1.807) is 12.1 Å². The summed E-state index contributed by atoms with van der Waals surface area (Å²) < 4.78 is 19.3. The lowest BCUT2D eigenvalue weighted by Crippen LogP contribution is -2.41. The number of aromatic nitrogens is 4. The van der Waals surface area contributed by atoms with Crippen LogP contribution in [0.1, 0.15) is 33.3 Å². The SMILES string of the molecule is CC1(C)OB(c2ccc(COc3ccccc3-n3nn[nH]c3=O)cc2)OC1(C)C. The average Bonchev–Trinajstić information content (AvgIpc) is 3.20. The summed E-state index contributed by atoms with van der Waals surface area (Å²) in [5, 5.41) is 9.57. The van der Waals surface area contributed by atoms with Gasteiger partial charge in [-0.3, -0.25) is 0 Å². The molecule has 0 bridgehead atoms. The van der Waals surface area contributed by atoms with E-state index >= 15 is 0 Å². The lowest BCUT2D eigenvalue weighted by molar-refractivity contribution is 0.00578. The van der Waals surface area contributed by atoms with Gasteiger partial charge in [0.15, 0.2) is 0 Å². The van der Waals surface area contributed by atoms with Crippen molar-refractivity contribution in [2.24, 2.45) is 0 Å². The van der Waals surface area contributed by atoms with Crippen molar-refractivity contribution in [3.63, 3.8) is 0 Å². The Labute approximate surface area is 168 Å². The number of H-pyrrole nitrogens is 1. The van der Waals surface area contributed by atoms with E-state index in [4.69, 9.17) is 14.0 Å². The Bertz CT molecular complexity index is 1040. The van der Waals surface area contributed by atoms with Crippen LogP contribution in [0.15, 0.2) is 53.3 Å². The molecule has 9 heteroatoms. The molecule has 1 fully saturated rings. The van der Waals surface area contributed by atoms with E-state index < -0.39 is 12.8 Å². The van der Waals surface area contributed by atoms with E-state index in [9.17, 15) is 4.79 Å². The van der Waals surface area contributed by atoms with Gasteiger partial charge in [-0.1, -0.05) is 36.4 Å². The molecule has 8 nitrogen and oxygen atoms in total. The van der Waals surface area contributed by atoms with E-state index in [0.717, 1.165) is 15.7 Å². The molecule has 0 unspecified atom stereocenters. The van der Waals surface area contributed by atoms with Crippen molar-refractivity contribution >= 4 is 12.6 Å². The monoisotopic (exact) mass is 394 g/mol. The first kappa shape index (κ1) is 19.4.